The van der Waals surface area contributed by atoms with E-state index >= 15 is 0 Å². The Kier molecular flexibility index (Phi) is 7.99. The maximum absolute atomic E-state index is 13.0. The zero-order valence-corrected chi connectivity index (χ0v) is 20.9. The number of nitrogens with zero attached hydrogens (tertiary/aromatic N) is 3. The number of aromatic nitrogens is 2. The Bertz CT molecular complexity index is 1120. The van der Waals surface area contributed by atoms with Gasteiger partial charge in [-0.1, -0.05) is 56.3 Å². The summed E-state index contributed by atoms with van der Waals surface area (Å²) in [7, 11) is 1.96. The van der Waals surface area contributed by atoms with Crippen molar-refractivity contribution < 1.29 is 9.53 Å². The SMILES string of the molecule is CCCC(CCC(=O)N(C)C1CCCCC1)n1c(N)nc2ccc(Oc3ccccc3Cl)cc21. The van der Waals surface area contributed by atoms with Gasteiger partial charge in [0.15, 0.2) is 0 Å². The van der Waals surface area contributed by atoms with E-state index < -0.39 is 0 Å². The van der Waals surface area contributed by atoms with E-state index in [2.05, 4.69) is 16.5 Å². The number of imidazole rings is 1. The van der Waals surface area contributed by atoms with Crippen LogP contribution in [0.4, 0.5) is 5.95 Å². The average Bonchev–Trinajstić information content (AvgIpc) is 3.18. The van der Waals surface area contributed by atoms with Crippen molar-refractivity contribution in [1.29, 1.82) is 0 Å². The third-order valence-corrected chi connectivity index (χ3v) is 7.26. The Hall–Kier alpha value is -2.73. The third-order valence-electron chi connectivity index (χ3n) is 6.95. The number of amides is 1. The van der Waals surface area contributed by atoms with Gasteiger partial charge in [0.2, 0.25) is 11.9 Å². The van der Waals surface area contributed by atoms with Gasteiger partial charge in [-0.05, 0) is 49.9 Å². The van der Waals surface area contributed by atoms with Crippen LogP contribution in [-0.2, 0) is 4.79 Å². The molecule has 0 saturated heterocycles. The van der Waals surface area contributed by atoms with Crippen molar-refractivity contribution in [2.24, 2.45) is 0 Å². The fourth-order valence-corrected chi connectivity index (χ4v) is 5.24. The second-order valence-electron chi connectivity index (χ2n) is 9.30. The summed E-state index contributed by atoms with van der Waals surface area (Å²) in [5.74, 6) is 1.96. The van der Waals surface area contributed by atoms with Gasteiger partial charge in [0.25, 0.3) is 0 Å². The Labute approximate surface area is 207 Å². The first kappa shape index (κ1) is 24.4. The number of hydrogen-bond acceptors (Lipinski definition) is 4. The van der Waals surface area contributed by atoms with Gasteiger partial charge in [0.05, 0.1) is 16.1 Å². The predicted octanol–water partition coefficient (Wildman–Crippen LogP) is 6.98. The summed E-state index contributed by atoms with van der Waals surface area (Å²) < 4.78 is 8.12. The Balaban J connectivity index is 1.54. The number of halogens is 1. The molecule has 1 aliphatic carbocycles. The molecule has 7 heteroatoms. The summed E-state index contributed by atoms with van der Waals surface area (Å²) >= 11 is 6.27. The molecule has 4 rings (SSSR count). The zero-order valence-electron chi connectivity index (χ0n) is 20.2. The van der Waals surface area contributed by atoms with Gasteiger partial charge in [0.1, 0.15) is 11.5 Å². The monoisotopic (exact) mass is 482 g/mol. The first-order valence-electron chi connectivity index (χ1n) is 12.4. The van der Waals surface area contributed by atoms with Crippen LogP contribution in [0.3, 0.4) is 0 Å². The molecule has 1 fully saturated rings. The largest absolute Gasteiger partial charge is 0.456 e. The average molecular weight is 483 g/mol. The molecule has 3 aromatic rings. The molecule has 0 bridgehead atoms. The highest BCUT2D eigenvalue weighted by molar-refractivity contribution is 6.32. The molecule has 1 amide bonds. The molecule has 0 aliphatic heterocycles. The lowest BCUT2D eigenvalue weighted by Gasteiger charge is -2.32. The number of para-hydroxylation sites is 1. The molecular weight excluding hydrogens is 448 g/mol. The molecule has 182 valence electrons. The summed E-state index contributed by atoms with van der Waals surface area (Å²) in [6.07, 6.45) is 9.11. The van der Waals surface area contributed by atoms with Crippen molar-refractivity contribution in [3.8, 4) is 11.5 Å². The normalized spacial score (nSPS) is 15.4. The van der Waals surface area contributed by atoms with Crippen LogP contribution in [0, 0.1) is 0 Å². The fourth-order valence-electron chi connectivity index (χ4n) is 5.07. The van der Waals surface area contributed by atoms with E-state index in [1.165, 1.54) is 19.3 Å². The molecule has 34 heavy (non-hydrogen) atoms. The molecule has 1 saturated carbocycles. The van der Waals surface area contributed by atoms with E-state index in [9.17, 15) is 4.79 Å². The highest BCUT2D eigenvalue weighted by Crippen LogP contribution is 2.34. The van der Waals surface area contributed by atoms with Crippen LogP contribution < -0.4 is 10.5 Å². The van der Waals surface area contributed by atoms with E-state index in [0.717, 1.165) is 43.1 Å². The molecule has 1 aromatic heterocycles. The van der Waals surface area contributed by atoms with E-state index in [1.807, 2.05) is 48.3 Å². The predicted molar refractivity (Wildman–Crippen MR) is 138 cm³/mol. The number of carbonyl (C=O) groups excluding carboxylic acids is 1. The Morgan fingerprint density at radius 3 is 2.71 bits per heavy atom. The van der Waals surface area contributed by atoms with Crippen LogP contribution in [-0.4, -0.2) is 33.4 Å². The van der Waals surface area contributed by atoms with Crippen LogP contribution in [0.2, 0.25) is 5.02 Å². The lowest BCUT2D eigenvalue weighted by atomic mass is 9.94. The van der Waals surface area contributed by atoms with Gasteiger partial charge in [-0.2, -0.15) is 0 Å². The molecule has 2 N–H and O–H groups in total. The van der Waals surface area contributed by atoms with Gasteiger partial charge < -0.3 is 19.9 Å². The molecule has 1 heterocycles. The smallest absolute Gasteiger partial charge is 0.222 e. The maximum Gasteiger partial charge on any atom is 0.222 e. The lowest BCUT2D eigenvalue weighted by Crippen LogP contribution is -2.38. The van der Waals surface area contributed by atoms with E-state index in [1.54, 1.807) is 6.07 Å². The number of benzene rings is 2. The highest BCUT2D eigenvalue weighted by atomic mass is 35.5. The van der Waals surface area contributed by atoms with Crippen LogP contribution in [0.1, 0.15) is 70.8 Å². The number of carbonyl (C=O) groups is 1. The van der Waals surface area contributed by atoms with Gasteiger partial charge in [-0.25, -0.2) is 4.98 Å². The number of anilines is 1. The topological polar surface area (TPSA) is 73.4 Å². The van der Waals surface area contributed by atoms with Crippen LogP contribution in [0.25, 0.3) is 11.0 Å². The van der Waals surface area contributed by atoms with Crippen molar-refractivity contribution in [3.63, 3.8) is 0 Å². The lowest BCUT2D eigenvalue weighted by molar-refractivity contribution is -0.132. The van der Waals surface area contributed by atoms with E-state index in [4.69, 9.17) is 22.1 Å². The minimum Gasteiger partial charge on any atom is -0.456 e. The molecule has 0 radical (unpaired) electrons. The Morgan fingerprint density at radius 2 is 1.97 bits per heavy atom. The Morgan fingerprint density at radius 1 is 1.21 bits per heavy atom. The number of hydrogen-bond donors (Lipinski definition) is 1. The van der Waals surface area contributed by atoms with Crippen molar-refractivity contribution >= 4 is 34.5 Å². The first-order valence-corrected chi connectivity index (χ1v) is 12.8. The van der Waals surface area contributed by atoms with Crippen molar-refractivity contribution in [3.05, 3.63) is 47.5 Å². The van der Waals surface area contributed by atoms with Gasteiger partial charge in [-0.3, -0.25) is 4.79 Å². The number of rotatable bonds is 9. The molecule has 6 nitrogen and oxygen atoms in total. The quantitative estimate of drug-likeness (QED) is 0.357. The molecule has 1 aliphatic rings. The second-order valence-corrected chi connectivity index (χ2v) is 9.71. The number of nitrogens with two attached hydrogens (primary N) is 1. The van der Waals surface area contributed by atoms with Crippen LogP contribution in [0.5, 0.6) is 11.5 Å². The summed E-state index contributed by atoms with van der Waals surface area (Å²) in [5.41, 5.74) is 8.12. The van der Waals surface area contributed by atoms with Crippen molar-refractivity contribution in [2.75, 3.05) is 12.8 Å². The van der Waals surface area contributed by atoms with Crippen LogP contribution in [0.15, 0.2) is 42.5 Å². The standard InChI is InChI=1S/C27H35ClN4O2/c1-3-9-20(14-17-26(33)31(2)19-10-5-4-6-11-19)32-24-18-21(15-16-23(24)30-27(32)29)34-25-13-8-7-12-22(25)28/h7-8,12-13,15-16,18-20H,3-6,9-11,14,17H2,1-2H3,(H2,29,30). The highest BCUT2D eigenvalue weighted by Gasteiger charge is 2.24. The molecular formula is C27H35ClN4O2. The molecule has 2 aromatic carbocycles. The minimum atomic E-state index is 0.0919. The van der Waals surface area contributed by atoms with Crippen molar-refractivity contribution in [1.82, 2.24) is 14.5 Å². The zero-order chi connectivity index (χ0) is 24.1. The molecule has 1 atom stereocenters. The van der Waals surface area contributed by atoms with Gasteiger partial charge in [0, 0.05) is 31.6 Å². The van der Waals surface area contributed by atoms with Gasteiger partial charge in [-0.15, -0.1) is 0 Å². The number of ether oxygens (including phenoxy) is 1. The summed E-state index contributed by atoms with van der Waals surface area (Å²) in [5, 5.41) is 0.556. The molecule has 1 unspecified atom stereocenters. The minimum absolute atomic E-state index is 0.0919. The van der Waals surface area contributed by atoms with Crippen LogP contribution >= 0.6 is 11.6 Å². The summed E-state index contributed by atoms with van der Waals surface area (Å²) in [6, 6.07) is 13.6. The third kappa shape index (κ3) is 5.49. The van der Waals surface area contributed by atoms with Crippen molar-refractivity contribution in [2.45, 2.75) is 76.8 Å². The number of nitrogen functional groups attached to an aromatic ring is 1. The first-order chi connectivity index (χ1) is 16.5. The van der Waals surface area contributed by atoms with Gasteiger partial charge >= 0.3 is 0 Å². The summed E-state index contributed by atoms with van der Waals surface area (Å²) in [4.78, 5) is 19.6. The summed E-state index contributed by atoms with van der Waals surface area (Å²) in [6.45, 7) is 2.16. The second kappa shape index (κ2) is 11.1. The fraction of sp³-hybridized carbons (Fsp3) is 0.481. The maximum atomic E-state index is 13.0. The number of fused-ring (bicyclic) bond motifs is 1. The van der Waals surface area contributed by atoms with E-state index in [-0.39, 0.29) is 11.9 Å². The van der Waals surface area contributed by atoms with E-state index in [0.29, 0.717) is 34.9 Å². The molecule has 0 spiro atoms.